The van der Waals surface area contributed by atoms with Crippen LogP contribution in [0.15, 0.2) is 144 Å². The Hall–Kier alpha value is -3.04. The maximum absolute atomic E-state index is 13.5. The molecule has 6 rings (SSSR count). The van der Waals surface area contributed by atoms with Gasteiger partial charge in [-0.25, -0.2) is 9.59 Å². The van der Waals surface area contributed by atoms with Gasteiger partial charge in [0.1, 0.15) is 11.2 Å². The Morgan fingerprint density at radius 2 is 1.10 bits per heavy atom. The van der Waals surface area contributed by atoms with Gasteiger partial charge in [-0.15, -0.1) is 0 Å². The van der Waals surface area contributed by atoms with Crippen molar-refractivity contribution in [3.63, 3.8) is 0 Å². The molecule has 8 heteroatoms. The molecule has 0 atom stereocenters. The first-order valence-corrected chi connectivity index (χ1v) is 15.1. The third kappa shape index (κ3) is 5.39. The van der Waals surface area contributed by atoms with Crippen LogP contribution in [0.25, 0.3) is 21.9 Å². The van der Waals surface area contributed by atoms with Crippen LogP contribution in [0.3, 0.4) is 0 Å². The average Bonchev–Trinajstić information content (AvgIpc) is 2.94. The molecule has 192 valence electrons. The second kappa shape index (κ2) is 11.2. The summed E-state index contributed by atoms with van der Waals surface area (Å²) in [6.07, 6.45) is 0.0615. The Balaban J connectivity index is 1.57. The second-order valence-corrected chi connectivity index (χ2v) is 12.6. The molecule has 0 saturated heterocycles. The van der Waals surface area contributed by atoms with Crippen LogP contribution in [0.1, 0.15) is 11.1 Å². The number of rotatable bonds is 6. The second-order valence-electron chi connectivity index (χ2n) is 8.65. The van der Waals surface area contributed by atoms with Gasteiger partial charge < -0.3 is 8.83 Å². The van der Waals surface area contributed by atoms with Crippen LogP contribution in [-0.4, -0.2) is 0 Å². The molecule has 0 fully saturated rings. The monoisotopic (exact) mass is 676 g/mol. The van der Waals surface area contributed by atoms with Crippen LogP contribution in [0.2, 0.25) is 0 Å². The fraction of sp³-hybridized carbons (Fsp3) is 0.0323. The summed E-state index contributed by atoms with van der Waals surface area (Å²) in [6.45, 7) is 0. The zero-order valence-corrected chi connectivity index (χ0v) is 25.0. The van der Waals surface area contributed by atoms with Gasteiger partial charge in [0.25, 0.3) is 0 Å². The van der Waals surface area contributed by atoms with Gasteiger partial charge in [0, 0.05) is 45.7 Å². The first kappa shape index (κ1) is 26.2. The number of fused-ring (bicyclic) bond motifs is 2. The molecule has 0 aliphatic carbocycles. The Bertz CT molecular complexity index is 1960. The van der Waals surface area contributed by atoms with E-state index >= 15 is 0 Å². The molecule has 0 N–H and O–H groups in total. The minimum absolute atomic E-state index is 0.0615. The predicted octanol–water partition coefficient (Wildman–Crippen LogP) is 9.32. The van der Waals surface area contributed by atoms with E-state index in [0.29, 0.717) is 22.3 Å². The quantitative estimate of drug-likeness (QED) is 0.164. The van der Waals surface area contributed by atoms with E-state index in [1.807, 2.05) is 84.9 Å². The predicted molar refractivity (Wildman–Crippen MR) is 164 cm³/mol. The van der Waals surface area contributed by atoms with Crippen LogP contribution in [0, 0.1) is 0 Å². The van der Waals surface area contributed by atoms with E-state index < -0.39 is 11.3 Å². The van der Waals surface area contributed by atoms with Crippen molar-refractivity contribution < 1.29 is 8.83 Å². The van der Waals surface area contributed by atoms with E-state index in [-0.39, 0.29) is 6.42 Å². The summed E-state index contributed by atoms with van der Waals surface area (Å²) in [4.78, 5) is 30.4. The lowest BCUT2D eigenvalue weighted by Crippen LogP contribution is -2.16. The molecule has 0 unspecified atom stereocenters. The maximum atomic E-state index is 13.5. The number of hydrogen-bond acceptors (Lipinski definition) is 6. The summed E-state index contributed by atoms with van der Waals surface area (Å²) in [7, 11) is 0. The third-order valence-electron chi connectivity index (χ3n) is 6.15. The third-order valence-corrected chi connectivity index (χ3v) is 10.1. The molecular formula is C31H18Br2O4S2. The summed E-state index contributed by atoms with van der Waals surface area (Å²) < 4.78 is 13.4. The highest BCUT2D eigenvalue weighted by atomic mass is 79.9. The van der Waals surface area contributed by atoms with Crippen molar-refractivity contribution in [2.45, 2.75) is 26.0 Å². The van der Waals surface area contributed by atoms with Gasteiger partial charge in [0.2, 0.25) is 0 Å². The molecule has 0 amide bonds. The Kier molecular flexibility index (Phi) is 7.53. The van der Waals surface area contributed by atoms with E-state index in [0.717, 1.165) is 39.3 Å². The molecule has 4 nitrogen and oxygen atoms in total. The van der Waals surface area contributed by atoms with Gasteiger partial charge in [0.15, 0.2) is 0 Å². The summed E-state index contributed by atoms with van der Waals surface area (Å²) in [5, 5.41) is 1.62. The van der Waals surface area contributed by atoms with Crippen LogP contribution < -0.4 is 11.3 Å². The van der Waals surface area contributed by atoms with E-state index in [2.05, 4.69) is 31.9 Å². The van der Waals surface area contributed by atoms with Crippen molar-refractivity contribution >= 4 is 77.3 Å². The number of hydrogen-bond donors (Lipinski definition) is 0. The maximum Gasteiger partial charge on any atom is 0.340 e. The molecule has 2 heterocycles. The first-order chi connectivity index (χ1) is 19.0. The molecule has 0 saturated carbocycles. The van der Waals surface area contributed by atoms with Gasteiger partial charge in [-0.05, 0) is 64.5 Å². The van der Waals surface area contributed by atoms with Gasteiger partial charge in [0.05, 0.1) is 11.1 Å². The molecule has 39 heavy (non-hydrogen) atoms. The smallest absolute Gasteiger partial charge is 0.340 e. The van der Waals surface area contributed by atoms with Gasteiger partial charge in [-0.1, -0.05) is 88.0 Å². The van der Waals surface area contributed by atoms with Crippen molar-refractivity contribution in [2.24, 2.45) is 0 Å². The molecule has 0 bridgehead atoms. The lowest BCUT2D eigenvalue weighted by Gasteiger charge is -2.15. The molecule has 0 aliphatic heterocycles. The molecule has 6 aromatic rings. The van der Waals surface area contributed by atoms with E-state index in [1.54, 1.807) is 12.1 Å². The Morgan fingerprint density at radius 3 is 1.69 bits per heavy atom. The van der Waals surface area contributed by atoms with Gasteiger partial charge >= 0.3 is 11.3 Å². The average molecular weight is 678 g/mol. The largest absolute Gasteiger partial charge is 0.422 e. The fourth-order valence-corrected chi connectivity index (χ4v) is 7.24. The minimum Gasteiger partial charge on any atom is -0.422 e. The SMILES string of the molecule is O=c1oc2ccccc2c(Sc2ccc(Br)cc2)c1Cc1c(Sc2ccccc2Br)c2ccccc2oc1=O. The van der Waals surface area contributed by atoms with Crippen molar-refractivity contribution in [1.82, 2.24) is 0 Å². The van der Waals surface area contributed by atoms with E-state index in [9.17, 15) is 9.59 Å². The zero-order valence-electron chi connectivity index (χ0n) is 20.2. The van der Waals surface area contributed by atoms with Crippen molar-refractivity contribution in [3.8, 4) is 0 Å². The van der Waals surface area contributed by atoms with E-state index in [1.165, 1.54) is 23.5 Å². The van der Waals surface area contributed by atoms with Crippen LogP contribution in [0.4, 0.5) is 0 Å². The van der Waals surface area contributed by atoms with Crippen molar-refractivity contribution in [3.05, 3.63) is 138 Å². The highest BCUT2D eigenvalue weighted by Gasteiger charge is 2.23. The summed E-state index contributed by atoms with van der Waals surface area (Å²) in [5.41, 5.74) is 0.871. The number of para-hydroxylation sites is 2. The highest BCUT2D eigenvalue weighted by molar-refractivity contribution is 9.10. The lowest BCUT2D eigenvalue weighted by molar-refractivity contribution is 0.536. The number of benzene rings is 4. The summed E-state index contributed by atoms with van der Waals surface area (Å²) in [6, 6.07) is 30.7. The van der Waals surface area contributed by atoms with Crippen LogP contribution in [0.5, 0.6) is 0 Å². The Labute approximate surface area is 248 Å². The molecule has 0 aliphatic rings. The van der Waals surface area contributed by atoms with Crippen molar-refractivity contribution in [2.75, 3.05) is 0 Å². The Morgan fingerprint density at radius 1 is 0.590 bits per heavy atom. The molecule has 4 aromatic carbocycles. The van der Waals surface area contributed by atoms with Gasteiger partial charge in [-0.3, -0.25) is 0 Å². The highest BCUT2D eigenvalue weighted by Crippen LogP contribution is 2.41. The zero-order chi connectivity index (χ0) is 26.9. The molecule has 0 radical (unpaired) electrons. The van der Waals surface area contributed by atoms with Gasteiger partial charge in [-0.2, -0.15) is 0 Å². The summed E-state index contributed by atoms with van der Waals surface area (Å²) >= 11 is 10.1. The topological polar surface area (TPSA) is 60.4 Å². The molecular weight excluding hydrogens is 660 g/mol. The minimum atomic E-state index is -0.476. The van der Waals surface area contributed by atoms with Crippen LogP contribution in [-0.2, 0) is 6.42 Å². The summed E-state index contributed by atoms with van der Waals surface area (Å²) in [5.74, 6) is 0. The lowest BCUT2D eigenvalue weighted by atomic mass is 10.0. The first-order valence-electron chi connectivity index (χ1n) is 11.9. The normalized spacial score (nSPS) is 11.3. The number of halogens is 2. The standard InChI is InChI=1S/C31H18Br2O4S2/c32-18-13-15-19(16-14-18)38-28-20-7-1-4-10-25(20)36-30(34)22(28)17-23-29(39-27-12-6-3-9-24(27)33)21-8-2-5-11-26(21)37-31(23)35/h1-16H,17H2. The van der Waals surface area contributed by atoms with Crippen molar-refractivity contribution in [1.29, 1.82) is 0 Å². The fourth-order valence-electron chi connectivity index (χ4n) is 4.29. The van der Waals surface area contributed by atoms with E-state index in [4.69, 9.17) is 8.83 Å². The molecule has 0 spiro atoms. The van der Waals surface area contributed by atoms with Crippen LogP contribution >= 0.6 is 55.4 Å². The molecule has 2 aromatic heterocycles.